The van der Waals surface area contributed by atoms with Crippen molar-refractivity contribution >= 4 is 11.6 Å². The van der Waals surface area contributed by atoms with Gasteiger partial charge in [-0.3, -0.25) is 14.2 Å². The first-order chi connectivity index (χ1) is 10.1. The van der Waals surface area contributed by atoms with E-state index in [4.69, 9.17) is 0 Å². The van der Waals surface area contributed by atoms with E-state index >= 15 is 0 Å². The van der Waals surface area contributed by atoms with E-state index in [9.17, 15) is 9.90 Å². The van der Waals surface area contributed by atoms with Crippen molar-refractivity contribution in [3.63, 3.8) is 0 Å². The number of nitrogens with zero attached hydrogens (tertiary/aromatic N) is 4. The first-order valence-corrected chi connectivity index (χ1v) is 6.39. The summed E-state index contributed by atoms with van der Waals surface area (Å²) in [5.74, 6) is 0.244. The van der Waals surface area contributed by atoms with Gasteiger partial charge >= 0.3 is 0 Å². The largest absolute Gasteiger partial charge is 0.506 e. The molecule has 21 heavy (non-hydrogen) atoms. The molecule has 3 rings (SSSR count). The summed E-state index contributed by atoms with van der Waals surface area (Å²) in [6.07, 6.45) is 4.50. The Morgan fingerprint density at radius 1 is 1.33 bits per heavy atom. The predicted octanol–water partition coefficient (Wildman–Crippen LogP) is 1.32. The second-order valence-corrected chi connectivity index (χ2v) is 4.61. The molecule has 1 amide bonds. The van der Waals surface area contributed by atoms with Gasteiger partial charge in [-0.25, -0.2) is 0 Å². The van der Waals surface area contributed by atoms with Gasteiger partial charge in [0.1, 0.15) is 5.75 Å². The van der Waals surface area contributed by atoms with Gasteiger partial charge in [0, 0.05) is 12.4 Å². The van der Waals surface area contributed by atoms with E-state index in [1.165, 1.54) is 18.5 Å². The van der Waals surface area contributed by atoms with Crippen LogP contribution in [0.25, 0.3) is 5.65 Å². The number of carbonyl (C=O) groups excluding carboxylic acids is 1. The number of nitrogens with one attached hydrogen (secondary N) is 1. The molecule has 3 aromatic rings. The third-order valence-electron chi connectivity index (χ3n) is 3.06. The van der Waals surface area contributed by atoms with Gasteiger partial charge in [0.15, 0.2) is 11.5 Å². The zero-order valence-corrected chi connectivity index (χ0v) is 11.3. The van der Waals surface area contributed by atoms with Crippen LogP contribution in [-0.4, -0.2) is 30.6 Å². The quantitative estimate of drug-likeness (QED) is 0.756. The molecular weight excluding hydrogens is 270 g/mol. The SMILES string of the molecule is CC(NC(=O)c1cncc(O)c1)c1nnc2ccccn12. The molecule has 0 radical (unpaired) electrons. The van der Waals surface area contributed by atoms with Crippen LogP contribution in [0.4, 0.5) is 0 Å². The fourth-order valence-corrected chi connectivity index (χ4v) is 2.05. The summed E-state index contributed by atoms with van der Waals surface area (Å²) in [7, 11) is 0. The lowest BCUT2D eigenvalue weighted by Crippen LogP contribution is -2.28. The number of hydrogen-bond acceptors (Lipinski definition) is 5. The fraction of sp³-hybridized carbons (Fsp3) is 0.143. The minimum absolute atomic E-state index is 0.0526. The van der Waals surface area contributed by atoms with Gasteiger partial charge in [-0.05, 0) is 25.1 Å². The Kier molecular flexibility index (Phi) is 3.23. The molecule has 7 nitrogen and oxygen atoms in total. The second kappa shape index (κ2) is 5.20. The minimum Gasteiger partial charge on any atom is -0.506 e. The average molecular weight is 283 g/mol. The number of rotatable bonds is 3. The van der Waals surface area contributed by atoms with Gasteiger partial charge in [0.05, 0.1) is 17.8 Å². The molecule has 0 spiro atoms. The molecule has 2 N–H and O–H groups in total. The highest BCUT2D eigenvalue weighted by Crippen LogP contribution is 2.14. The van der Waals surface area contributed by atoms with Crippen LogP contribution < -0.4 is 5.32 Å². The van der Waals surface area contributed by atoms with E-state index in [0.717, 1.165) is 0 Å². The molecular formula is C14H13N5O2. The second-order valence-electron chi connectivity index (χ2n) is 4.61. The third-order valence-corrected chi connectivity index (χ3v) is 3.06. The van der Waals surface area contributed by atoms with Gasteiger partial charge in [-0.1, -0.05) is 6.07 Å². The lowest BCUT2D eigenvalue weighted by Gasteiger charge is -2.12. The topological polar surface area (TPSA) is 92.4 Å². The molecule has 0 saturated heterocycles. The van der Waals surface area contributed by atoms with Crippen molar-refractivity contribution in [2.75, 3.05) is 0 Å². The molecule has 1 atom stereocenters. The van der Waals surface area contributed by atoms with Crippen LogP contribution in [0.3, 0.4) is 0 Å². The highest BCUT2D eigenvalue weighted by Gasteiger charge is 2.17. The van der Waals surface area contributed by atoms with Crippen LogP contribution in [0, 0.1) is 0 Å². The van der Waals surface area contributed by atoms with Crippen molar-refractivity contribution in [2.24, 2.45) is 0 Å². The Morgan fingerprint density at radius 2 is 2.19 bits per heavy atom. The molecule has 0 bridgehead atoms. The lowest BCUT2D eigenvalue weighted by atomic mass is 10.2. The summed E-state index contributed by atoms with van der Waals surface area (Å²) in [4.78, 5) is 15.9. The van der Waals surface area contributed by atoms with E-state index in [-0.39, 0.29) is 23.3 Å². The van der Waals surface area contributed by atoms with E-state index in [1.807, 2.05) is 35.7 Å². The Bertz CT molecular complexity index is 799. The number of fused-ring (bicyclic) bond motifs is 1. The van der Waals surface area contributed by atoms with Crippen LogP contribution in [0.1, 0.15) is 29.1 Å². The zero-order chi connectivity index (χ0) is 14.8. The van der Waals surface area contributed by atoms with Crippen LogP contribution in [-0.2, 0) is 0 Å². The van der Waals surface area contributed by atoms with Crippen LogP contribution in [0.2, 0.25) is 0 Å². The fourth-order valence-electron chi connectivity index (χ4n) is 2.05. The van der Waals surface area contributed by atoms with E-state index < -0.39 is 0 Å². The van der Waals surface area contributed by atoms with E-state index in [0.29, 0.717) is 11.5 Å². The Balaban J connectivity index is 1.83. The number of pyridine rings is 2. The van der Waals surface area contributed by atoms with Crippen molar-refractivity contribution in [1.82, 2.24) is 24.9 Å². The first kappa shape index (κ1) is 13.0. The first-order valence-electron chi connectivity index (χ1n) is 6.39. The Labute approximate surface area is 120 Å². The molecule has 3 aromatic heterocycles. The zero-order valence-electron chi connectivity index (χ0n) is 11.3. The third kappa shape index (κ3) is 2.53. The van der Waals surface area contributed by atoms with E-state index in [2.05, 4.69) is 20.5 Å². The molecule has 0 aromatic carbocycles. The molecule has 3 heterocycles. The van der Waals surface area contributed by atoms with Gasteiger partial charge < -0.3 is 10.4 Å². The molecule has 106 valence electrons. The molecule has 0 aliphatic heterocycles. The van der Waals surface area contributed by atoms with Crippen molar-refractivity contribution < 1.29 is 9.90 Å². The molecule has 1 unspecified atom stereocenters. The standard InChI is InChI=1S/C14H13N5O2/c1-9(13-18-17-12-4-2-3-5-19(12)13)16-14(21)10-6-11(20)8-15-7-10/h2-9,20H,1H3,(H,16,21). The van der Waals surface area contributed by atoms with Crippen LogP contribution in [0.15, 0.2) is 42.9 Å². The van der Waals surface area contributed by atoms with Gasteiger partial charge in [-0.2, -0.15) is 0 Å². The summed E-state index contributed by atoms with van der Waals surface area (Å²) in [6, 6.07) is 6.60. The maximum Gasteiger partial charge on any atom is 0.253 e. The van der Waals surface area contributed by atoms with Crippen LogP contribution in [0.5, 0.6) is 5.75 Å². The smallest absolute Gasteiger partial charge is 0.253 e. The Morgan fingerprint density at radius 3 is 3.00 bits per heavy atom. The van der Waals surface area contributed by atoms with Crippen molar-refractivity contribution in [2.45, 2.75) is 13.0 Å². The maximum absolute atomic E-state index is 12.1. The average Bonchev–Trinajstić information content (AvgIpc) is 2.91. The van der Waals surface area contributed by atoms with Gasteiger partial charge in [0.25, 0.3) is 5.91 Å². The van der Waals surface area contributed by atoms with Crippen LogP contribution >= 0.6 is 0 Å². The highest BCUT2D eigenvalue weighted by atomic mass is 16.3. The van der Waals surface area contributed by atoms with Crippen molar-refractivity contribution in [3.8, 4) is 5.75 Å². The lowest BCUT2D eigenvalue weighted by molar-refractivity contribution is 0.0937. The molecule has 0 saturated carbocycles. The number of hydrogen-bond donors (Lipinski definition) is 2. The summed E-state index contributed by atoms with van der Waals surface area (Å²) in [5, 5.41) is 20.3. The maximum atomic E-state index is 12.1. The number of aromatic nitrogens is 4. The molecule has 0 aliphatic carbocycles. The van der Waals surface area contributed by atoms with Gasteiger partial charge in [-0.15, -0.1) is 10.2 Å². The summed E-state index contributed by atoms with van der Waals surface area (Å²) < 4.78 is 1.81. The molecule has 0 fully saturated rings. The molecule has 7 heteroatoms. The van der Waals surface area contributed by atoms with E-state index in [1.54, 1.807) is 0 Å². The number of amides is 1. The van der Waals surface area contributed by atoms with Crippen molar-refractivity contribution in [3.05, 3.63) is 54.2 Å². The summed E-state index contributed by atoms with van der Waals surface area (Å²) >= 11 is 0. The molecule has 0 aliphatic rings. The summed E-state index contributed by atoms with van der Waals surface area (Å²) in [5.41, 5.74) is 1.00. The highest BCUT2D eigenvalue weighted by molar-refractivity contribution is 5.94. The predicted molar refractivity (Wildman–Crippen MR) is 74.8 cm³/mol. The van der Waals surface area contributed by atoms with Crippen molar-refractivity contribution in [1.29, 1.82) is 0 Å². The monoisotopic (exact) mass is 283 g/mol. The van der Waals surface area contributed by atoms with Gasteiger partial charge in [0.2, 0.25) is 0 Å². The number of carbonyl (C=O) groups is 1. The normalized spacial score (nSPS) is 12.2. The minimum atomic E-state index is -0.336. The number of aromatic hydroxyl groups is 1. The Hall–Kier alpha value is -2.96. The summed E-state index contributed by atoms with van der Waals surface area (Å²) in [6.45, 7) is 1.82.